The highest BCUT2D eigenvalue weighted by Gasteiger charge is 2.07. The van der Waals surface area contributed by atoms with Gasteiger partial charge in [0.05, 0.1) is 13.2 Å². The van der Waals surface area contributed by atoms with Crippen molar-refractivity contribution in [3.63, 3.8) is 0 Å². The minimum absolute atomic E-state index is 0.180. The van der Waals surface area contributed by atoms with Gasteiger partial charge in [0.1, 0.15) is 5.75 Å². The maximum atomic E-state index is 11.2. The lowest BCUT2D eigenvalue weighted by atomic mass is 9.99. The fourth-order valence-electron chi connectivity index (χ4n) is 2.04. The maximum Gasteiger partial charge on any atom is 0.305 e. The first-order valence-electron chi connectivity index (χ1n) is 8.10. The smallest absolute Gasteiger partial charge is 0.305 e. The molecule has 0 saturated heterocycles. The molecule has 0 heterocycles. The average Bonchev–Trinajstić information content (AvgIpc) is 2.52. The van der Waals surface area contributed by atoms with Crippen LogP contribution in [-0.2, 0) is 14.3 Å². The second-order valence-electron chi connectivity index (χ2n) is 5.34. The number of carbonyl (C=O) groups is 1. The van der Waals surface area contributed by atoms with Gasteiger partial charge in [0.2, 0.25) is 0 Å². The van der Waals surface area contributed by atoms with Crippen LogP contribution in [0.4, 0.5) is 0 Å². The number of carbonyl (C=O) groups excluding carboxylic acids is 1. The zero-order valence-corrected chi connectivity index (χ0v) is 14.1. The molecule has 0 saturated carbocycles. The van der Waals surface area contributed by atoms with E-state index in [1.54, 1.807) is 6.92 Å². The van der Waals surface area contributed by atoms with E-state index in [1.165, 1.54) is 5.56 Å². The Morgan fingerprint density at radius 1 is 1.14 bits per heavy atom. The van der Waals surface area contributed by atoms with Crippen molar-refractivity contribution in [1.29, 1.82) is 0 Å². The summed E-state index contributed by atoms with van der Waals surface area (Å²) in [6.07, 6.45) is 1.81. The van der Waals surface area contributed by atoms with Crippen molar-refractivity contribution in [1.82, 2.24) is 0 Å². The quantitative estimate of drug-likeness (QED) is 0.367. The molecular formula is C18H28O4. The van der Waals surface area contributed by atoms with Crippen LogP contribution in [0.3, 0.4) is 0 Å². The van der Waals surface area contributed by atoms with E-state index in [0.29, 0.717) is 32.0 Å². The fourth-order valence-corrected chi connectivity index (χ4v) is 2.04. The highest BCUT2D eigenvalue weighted by molar-refractivity contribution is 5.69. The molecular weight excluding hydrogens is 280 g/mol. The molecule has 0 aromatic heterocycles. The van der Waals surface area contributed by atoms with E-state index in [1.807, 2.05) is 19.1 Å². The van der Waals surface area contributed by atoms with Crippen molar-refractivity contribution < 1.29 is 19.0 Å². The Balaban J connectivity index is 2.27. The molecule has 0 spiro atoms. The molecule has 0 radical (unpaired) electrons. The summed E-state index contributed by atoms with van der Waals surface area (Å²) in [5.74, 6) is 1.18. The predicted molar refractivity (Wildman–Crippen MR) is 87.1 cm³/mol. The molecule has 124 valence electrons. The molecule has 0 aliphatic carbocycles. The Kier molecular flexibility index (Phi) is 8.60. The third-order valence-electron chi connectivity index (χ3n) is 3.55. The van der Waals surface area contributed by atoms with Gasteiger partial charge in [0.15, 0.2) is 6.29 Å². The fraction of sp³-hybridized carbons (Fsp3) is 0.611. The number of hydrogen-bond acceptors (Lipinski definition) is 4. The zero-order chi connectivity index (χ0) is 16.4. The van der Waals surface area contributed by atoms with Crippen LogP contribution in [0.2, 0.25) is 0 Å². The van der Waals surface area contributed by atoms with Gasteiger partial charge in [-0.3, -0.25) is 4.79 Å². The molecule has 1 aromatic carbocycles. The van der Waals surface area contributed by atoms with Crippen LogP contribution >= 0.6 is 0 Å². The van der Waals surface area contributed by atoms with Crippen molar-refractivity contribution in [3.05, 3.63) is 29.8 Å². The first-order chi connectivity index (χ1) is 10.6. The van der Waals surface area contributed by atoms with Gasteiger partial charge in [-0.25, -0.2) is 0 Å². The third kappa shape index (κ3) is 6.94. The molecule has 22 heavy (non-hydrogen) atoms. The summed E-state index contributed by atoms with van der Waals surface area (Å²) in [6.45, 7) is 8.95. The van der Waals surface area contributed by atoms with Gasteiger partial charge in [0, 0.05) is 6.42 Å². The van der Waals surface area contributed by atoms with Crippen molar-refractivity contribution in [2.45, 2.75) is 59.2 Å². The molecule has 0 fully saturated rings. The Labute approximate surface area is 133 Å². The molecule has 4 nitrogen and oxygen atoms in total. The average molecular weight is 308 g/mol. The summed E-state index contributed by atoms with van der Waals surface area (Å²) in [7, 11) is 0. The minimum Gasteiger partial charge on any atom is -0.466 e. The van der Waals surface area contributed by atoms with Crippen LogP contribution in [0.15, 0.2) is 24.3 Å². The standard InChI is InChI=1S/C18H28O4/c1-5-14(3)16-9-11-17(12-10-16)22-15(4)21-13-7-8-18(19)20-6-2/h9-12,14-15H,5-8,13H2,1-4H3. The van der Waals surface area contributed by atoms with E-state index < -0.39 is 0 Å². The lowest BCUT2D eigenvalue weighted by Crippen LogP contribution is -2.17. The second-order valence-corrected chi connectivity index (χ2v) is 5.34. The van der Waals surface area contributed by atoms with Gasteiger partial charge in [0.25, 0.3) is 0 Å². The van der Waals surface area contributed by atoms with Crippen LogP contribution in [0.1, 0.15) is 58.4 Å². The summed E-state index contributed by atoms with van der Waals surface area (Å²) < 4.78 is 16.1. The van der Waals surface area contributed by atoms with Gasteiger partial charge >= 0.3 is 5.97 Å². The van der Waals surface area contributed by atoms with E-state index in [2.05, 4.69) is 26.0 Å². The molecule has 0 aliphatic heterocycles. The number of benzene rings is 1. The Morgan fingerprint density at radius 3 is 2.41 bits per heavy atom. The predicted octanol–water partition coefficient (Wildman–Crippen LogP) is 4.28. The highest BCUT2D eigenvalue weighted by Crippen LogP contribution is 2.22. The van der Waals surface area contributed by atoms with Crippen molar-refractivity contribution in [2.75, 3.05) is 13.2 Å². The van der Waals surface area contributed by atoms with Crippen molar-refractivity contribution >= 4 is 5.97 Å². The number of ether oxygens (including phenoxy) is 3. The molecule has 0 aliphatic rings. The van der Waals surface area contributed by atoms with Gasteiger partial charge in [-0.05, 0) is 50.3 Å². The summed E-state index contributed by atoms with van der Waals surface area (Å²) >= 11 is 0. The largest absolute Gasteiger partial charge is 0.466 e. The van der Waals surface area contributed by atoms with Crippen molar-refractivity contribution in [3.8, 4) is 5.75 Å². The molecule has 0 N–H and O–H groups in total. The lowest BCUT2D eigenvalue weighted by molar-refractivity contribution is -0.144. The lowest BCUT2D eigenvalue weighted by Gasteiger charge is -2.16. The topological polar surface area (TPSA) is 44.8 Å². The molecule has 0 amide bonds. The van der Waals surface area contributed by atoms with Crippen LogP contribution in [0.25, 0.3) is 0 Å². The van der Waals surface area contributed by atoms with E-state index in [9.17, 15) is 4.79 Å². The normalized spacial score (nSPS) is 13.5. The molecule has 4 heteroatoms. The Hall–Kier alpha value is -1.55. The van der Waals surface area contributed by atoms with Crippen LogP contribution in [-0.4, -0.2) is 25.5 Å². The van der Waals surface area contributed by atoms with Gasteiger partial charge in [-0.2, -0.15) is 0 Å². The monoisotopic (exact) mass is 308 g/mol. The van der Waals surface area contributed by atoms with Gasteiger partial charge in [-0.15, -0.1) is 0 Å². The van der Waals surface area contributed by atoms with E-state index in [0.717, 1.165) is 12.2 Å². The zero-order valence-electron chi connectivity index (χ0n) is 14.1. The molecule has 1 rings (SSSR count). The Morgan fingerprint density at radius 2 is 1.82 bits per heavy atom. The van der Waals surface area contributed by atoms with Crippen LogP contribution < -0.4 is 4.74 Å². The van der Waals surface area contributed by atoms with Crippen molar-refractivity contribution in [2.24, 2.45) is 0 Å². The molecule has 0 bridgehead atoms. The van der Waals surface area contributed by atoms with E-state index >= 15 is 0 Å². The molecule has 2 unspecified atom stereocenters. The van der Waals surface area contributed by atoms with Gasteiger partial charge < -0.3 is 14.2 Å². The maximum absolute atomic E-state index is 11.2. The third-order valence-corrected chi connectivity index (χ3v) is 3.55. The minimum atomic E-state index is -0.336. The molecule has 1 aromatic rings. The number of esters is 1. The first-order valence-corrected chi connectivity index (χ1v) is 8.10. The van der Waals surface area contributed by atoms with E-state index in [-0.39, 0.29) is 12.3 Å². The summed E-state index contributed by atoms with van der Waals surface area (Å²) in [4.78, 5) is 11.2. The van der Waals surface area contributed by atoms with Gasteiger partial charge in [-0.1, -0.05) is 26.0 Å². The first kappa shape index (κ1) is 18.5. The SMILES string of the molecule is CCOC(=O)CCCOC(C)Oc1ccc(C(C)CC)cc1. The molecule has 2 atom stereocenters. The number of hydrogen-bond donors (Lipinski definition) is 0. The highest BCUT2D eigenvalue weighted by atomic mass is 16.7. The van der Waals surface area contributed by atoms with E-state index in [4.69, 9.17) is 14.2 Å². The van der Waals surface area contributed by atoms with Crippen LogP contribution in [0.5, 0.6) is 5.75 Å². The summed E-state index contributed by atoms with van der Waals surface area (Å²) in [6, 6.07) is 8.13. The summed E-state index contributed by atoms with van der Waals surface area (Å²) in [5, 5.41) is 0. The summed E-state index contributed by atoms with van der Waals surface area (Å²) in [5.41, 5.74) is 1.32. The Bertz CT molecular complexity index is 427. The van der Waals surface area contributed by atoms with Crippen LogP contribution in [0, 0.1) is 0 Å². The second kappa shape index (κ2) is 10.2. The number of rotatable bonds is 10.